The van der Waals surface area contributed by atoms with Crippen molar-refractivity contribution < 1.29 is 22.1 Å². The first kappa shape index (κ1) is 22.0. The van der Waals surface area contributed by atoms with Crippen LogP contribution in [0.1, 0.15) is 24.3 Å². The molecule has 1 N–H and O–H groups in total. The summed E-state index contributed by atoms with van der Waals surface area (Å²) in [4.78, 5) is 14.4. The fraction of sp³-hybridized carbons (Fsp3) is 0.400. The van der Waals surface area contributed by atoms with E-state index in [9.17, 15) is 17.6 Å². The Hall–Kier alpha value is -2.72. The summed E-state index contributed by atoms with van der Waals surface area (Å²) in [5, 5.41) is 6.36. The van der Waals surface area contributed by atoms with Crippen molar-refractivity contribution in [2.24, 2.45) is 5.92 Å². The summed E-state index contributed by atoms with van der Waals surface area (Å²) in [5.74, 6) is -1.40. The van der Waals surface area contributed by atoms with Crippen molar-refractivity contribution in [1.82, 2.24) is 14.4 Å². The van der Waals surface area contributed by atoms with Crippen molar-refractivity contribution in [2.45, 2.75) is 24.7 Å². The van der Waals surface area contributed by atoms with Gasteiger partial charge in [0.15, 0.2) is 10.7 Å². The number of piperidine rings is 1. The number of nitrogens with one attached hydrogen (secondary N) is 1. The lowest BCUT2D eigenvalue weighted by atomic mass is 9.98. The van der Waals surface area contributed by atoms with E-state index in [1.54, 1.807) is 44.3 Å². The van der Waals surface area contributed by atoms with Crippen LogP contribution in [0, 0.1) is 18.7 Å². The van der Waals surface area contributed by atoms with Gasteiger partial charge in [-0.15, -0.1) is 0 Å². The standard InChI is InChI=1S/C20H25FN4O4S/c1-14-19(18(29-23-14)10-12-24(2)3)30(27,28)25-11-6-7-15(13-25)20(26)22-17-9-5-4-8-16(17)21/h4-5,8-10,12,15H,6-7,11,13H2,1-3H3,(H,22,26)/b12-10+/t15-/m0/s1. The molecule has 0 radical (unpaired) electrons. The highest BCUT2D eigenvalue weighted by molar-refractivity contribution is 7.89. The van der Waals surface area contributed by atoms with Crippen LogP contribution >= 0.6 is 0 Å². The fourth-order valence-electron chi connectivity index (χ4n) is 3.32. The van der Waals surface area contributed by atoms with Gasteiger partial charge in [-0.2, -0.15) is 4.31 Å². The number of aryl methyl sites for hydroxylation is 1. The van der Waals surface area contributed by atoms with Gasteiger partial charge in [0, 0.05) is 39.5 Å². The van der Waals surface area contributed by atoms with E-state index in [4.69, 9.17) is 4.52 Å². The molecule has 1 aromatic carbocycles. The van der Waals surface area contributed by atoms with Crippen molar-refractivity contribution in [2.75, 3.05) is 32.5 Å². The third kappa shape index (κ3) is 4.71. The fourth-order valence-corrected chi connectivity index (χ4v) is 5.09. The average molecular weight is 437 g/mol. The molecule has 1 aromatic heterocycles. The smallest absolute Gasteiger partial charge is 0.248 e. The number of carbonyl (C=O) groups excluding carboxylic acids is 1. The van der Waals surface area contributed by atoms with Crippen molar-refractivity contribution in [3.8, 4) is 0 Å². The summed E-state index contributed by atoms with van der Waals surface area (Å²) >= 11 is 0. The molecule has 10 heteroatoms. The molecule has 1 amide bonds. The normalized spacial score (nSPS) is 17.9. The predicted octanol–water partition coefficient (Wildman–Crippen LogP) is 2.69. The highest BCUT2D eigenvalue weighted by Gasteiger charge is 2.37. The van der Waals surface area contributed by atoms with E-state index < -0.39 is 27.7 Å². The molecule has 0 spiro atoms. The Labute approximate surface area is 175 Å². The summed E-state index contributed by atoms with van der Waals surface area (Å²) in [7, 11) is -0.316. The van der Waals surface area contributed by atoms with Crippen LogP contribution in [0.5, 0.6) is 0 Å². The van der Waals surface area contributed by atoms with E-state index in [0.717, 1.165) is 0 Å². The maximum atomic E-state index is 13.8. The number of anilines is 1. The van der Waals surface area contributed by atoms with E-state index in [2.05, 4.69) is 10.5 Å². The van der Waals surface area contributed by atoms with Crippen molar-refractivity contribution in [3.05, 3.63) is 47.7 Å². The maximum Gasteiger partial charge on any atom is 0.248 e. The second-order valence-electron chi connectivity index (χ2n) is 7.41. The molecule has 1 aliphatic rings. The molecule has 1 saturated heterocycles. The zero-order valence-corrected chi connectivity index (χ0v) is 17.9. The molecule has 8 nitrogen and oxygen atoms in total. The molecular formula is C20H25FN4O4S. The highest BCUT2D eigenvalue weighted by Crippen LogP contribution is 2.29. The number of nitrogens with zero attached hydrogens (tertiary/aromatic N) is 3. The van der Waals surface area contributed by atoms with Gasteiger partial charge in [-0.05, 0) is 31.9 Å². The largest absolute Gasteiger partial charge is 0.383 e. The number of hydrogen-bond acceptors (Lipinski definition) is 6. The van der Waals surface area contributed by atoms with Gasteiger partial charge >= 0.3 is 0 Å². The van der Waals surface area contributed by atoms with Crippen LogP contribution < -0.4 is 5.32 Å². The lowest BCUT2D eigenvalue weighted by Crippen LogP contribution is -2.44. The highest BCUT2D eigenvalue weighted by atomic mass is 32.2. The summed E-state index contributed by atoms with van der Waals surface area (Å²) < 4.78 is 46.9. The van der Waals surface area contributed by atoms with Gasteiger partial charge < -0.3 is 14.7 Å². The zero-order valence-electron chi connectivity index (χ0n) is 17.1. The van der Waals surface area contributed by atoms with Crippen LogP contribution in [0.15, 0.2) is 39.9 Å². The molecule has 0 saturated carbocycles. The van der Waals surface area contributed by atoms with Crippen LogP contribution in [0.4, 0.5) is 10.1 Å². The molecule has 3 rings (SSSR count). The first-order chi connectivity index (χ1) is 14.2. The van der Waals surface area contributed by atoms with Crippen LogP contribution in [0.2, 0.25) is 0 Å². The van der Waals surface area contributed by atoms with Crippen molar-refractivity contribution in [3.63, 3.8) is 0 Å². The Kier molecular flexibility index (Phi) is 6.57. The lowest BCUT2D eigenvalue weighted by molar-refractivity contribution is -0.120. The predicted molar refractivity (Wildman–Crippen MR) is 110 cm³/mol. The molecule has 30 heavy (non-hydrogen) atoms. The number of halogens is 1. The van der Waals surface area contributed by atoms with Crippen LogP contribution in [0.3, 0.4) is 0 Å². The molecule has 0 unspecified atom stereocenters. The summed E-state index contributed by atoms with van der Waals surface area (Å²) in [6.07, 6.45) is 4.24. The van der Waals surface area contributed by atoms with Gasteiger partial charge in [0.2, 0.25) is 15.9 Å². The average Bonchev–Trinajstić information content (AvgIpc) is 3.09. The summed E-state index contributed by atoms with van der Waals surface area (Å²) in [6, 6.07) is 5.87. The molecule has 0 aliphatic carbocycles. The van der Waals surface area contributed by atoms with E-state index in [-0.39, 0.29) is 35.1 Å². The molecule has 2 heterocycles. The quantitative estimate of drug-likeness (QED) is 0.748. The molecule has 162 valence electrons. The maximum absolute atomic E-state index is 13.8. The van der Waals surface area contributed by atoms with Gasteiger partial charge in [0.25, 0.3) is 0 Å². The van der Waals surface area contributed by atoms with Crippen LogP contribution in [-0.2, 0) is 14.8 Å². The Morgan fingerprint density at radius 1 is 1.37 bits per heavy atom. The Bertz CT molecular complexity index is 1050. The van der Waals surface area contributed by atoms with E-state index >= 15 is 0 Å². The summed E-state index contributed by atoms with van der Waals surface area (Å²) in [5.41, 5.74) is 0.333. The van der Waals surface area contributed by atoms with Gasteiger partial charge in [-0.3, -0.25) is 4.79 Å². The minimum absolute atomic E-state index is 0.00392. The number of sulfonamides is 1. The molecule has 1 atom stereocenters. The Morgan fingerprint density at radius 2 is 2.10 bits per heavy atom. The second kappa shape index (κ2) is 8.97. The number of para-hydroxylation sites is 1. The van der Waals surface area contributed by atoms with Gasteiger partial charge in [-0.25, -0.2) is 12.8 Å². The van der Waals surface area contributed by atoms with Crippen LogP contribution in [0.25, 0.3) is 6.08 Å². The number of hydrogen-bond donors (Lipinski definition) is 1. The topological polar surface area (TPSA) is 95.8 Å². The molecule has 0 bridgehead atoms. The molecule has 2 aromatic rings. The van der Waals surface area contributed by atoms with Crippen molar-refractivity contribution in [1.29, 1.82) is 0 Å². The second-order valence-corrected chi connectivity index (χ2v) is 9.29. The van der Waals surface area contributed by atoms with Crippen LogP contribution in [-0.4, -0.2) is 55.9 Å². The Morgan fingerprint density at radius 3 is 2.80 bits per heavy atom. The first-order valence-corrected chi connectivity index (χ1v) is 11.0. The monoisotopic (exact) mass is 436 g/mol. The van der Waals surface area contributed by atoms with Gasteiger partial charge in [0.1, 0.15) is 11.5 Å². The molecule has 1 aliphatic heterocycles. The molecular weight excluding hydrogens is 411 g/mol. The van der Waals surface area contributed by atoms with E-state index in [0.29, 0.717) is 12.8 Å². The number of benzene rings is 1. The zero-order chi connectivity index (χ0) is 21.9. The third-order valence-corrected chi connectivity index (χ3v) is 6.87. The Balaban J connectivity index is 1.80. The number of rotatable bonds is 6. The van der Waals surface area contributed by atoms with E-state index in [1.807, 2.05) is 0 Å². The lowest BCUT2D eigenvalue weighted by Gasteiger charge is -2.31. The molecule has 1 fully saturated rings. The summed E-state index contributed by atoms with van der Waals surface area (Å²) in [6.45, 7) is 1.85. The number of amides is 1. The first-order valence-electron chi connectivity index (χ1n) is 9.56. The SMILES string of the molecule is Cc1noc(/C=C/N(C)C)c1S(=O)(=O)N1CCC[C@H](C(=O)Nc2ccccc2F)C1. The number of aromatic nitrogens is 1. The minimum Gasteiger partial charge on any atom is -0.383 e. The van der Waals surface area contributed by atoms with E-state index in [1.165, 1.54) is 22.5 Å². The van der Waals surface area contributed by atoms with Gasteiger partial charge in [-0.1, -0.05) is 17.3 Å². The minimum atomic E-state index is -3.92. The number of carbonyl (C=O) groups is 1. The van der Waals surface area contributed by atoms with Crippen molar-refractivity contribution >= 4 is 27.7 Å². The van der Waals surface area contributed by atoms with Gasteiger partial charge in [0.05, 0.1) is 11.6 Å². The third-order valence-electron chi connectivity index (χ3n) is 4.84.